The predicted octanol–water partition coefficient (Wildman–Crippen LogP) is 2.12. The van der Waals surface area contributed by atoms with Crippen LogP contribution in [0.15, 0.2) is 16.7 Å². The van der Waals surface area contributed by atoms with Gasteiger partial charge in [0.2, 0.25) is 0 Å². The number of likely N-dealkylation sites (tertiary alicyclic amines) is 1. The molecule has 0 aliphatic carbocycles. The molecule has 1 amide bonds. The molecule has 2 heterocycles. The predicted molar refractivity (Wildman–Crippen MR) is 59.6 cm³/mol. The summed E-state index contributed by atoms with van der Waals surface area (Å²) in [6, 6.07) is 1.49. The fourth-order valence-electron chi connectivity index (χ4n) is 2.14. The van der Waals surface area contributed by atoms with Gasteiger partial charge in [-0.25, -0.2) is 0 Å². The van der Waals surface area contributed by atoms with Crippen LogP contribution in [0.4, 0.5) is 13.2 Å². The lowest BCUT2D eigenvalue weighted by Crippen LogP contribution is -2.54. The molecule has 1 aromatic rings. The number of piperidine rings is 1. The Kier molecular flexibility index (Phi) is 3.34. The molecule has 1 N–H and O–H groups in total. The second-order valence-corrected chi connectivity index (χ2v) is 4.71. The molecule has 106 valence electrons. The lowest BCUT2D eigenvalue weighted by molar-refractivity contribution is -0.271. The zero-order chi connectivity index (χ0) is 14.3. The van der Waals surface area contributed by atoms with Crippen LogP contribution in [0, 0.1) is 6.92 Å². The normalized spacial score (nSPS) is 19.5. The van der Waals surface area contributed by atoms with Gasteiger partial charge in [0.25, 0.3) is 5.91 Å². The van der Waals surface area contributed by atoms with Gasteiger partial charge in [-0.05, 0) is 13.0 Å². The molecule has 0 saturated carbocycles. The Morgan fingerprint density at radius 1 is 1.42 bits per heavy atom. The first-order valence-corrected chi connectivity index (χ1v) is 5.87. The average molecular weight is 277 g/mol. The molecule has 7 heteroatoms. The smallest absolute Gasteiger partial charge is 0.417 e. The van der Waals surface area contributed by atoms with Crippen molar-refractivity contribution in [3.05, 3.63) is 23.7 Å². The Balaban J connectivity index is 2.05. The molecule has 0 atom stereocenters. The van der Waals surface area contributed by atoms with Gasteiger partial charge in [-0.3, -0.25) is 4.79 Å². The molecule has 0 bridgehead atoms. The van der Waals surface area contributed by atoms with Crippen LogP contribution in [0.2, 0.25) is 0 Å². The van der Waals surface area contributed by atoms with Crippen LogP contribution in [0.3, 0.4) is 0 Å². The Hall–Kier alpha value is -1.50. The molecule has 0 unspecified atom stereocenters. The number of aryl methyl sites for hydroxylation is 1. The van der Waals surface area contributed by atoms with Crippen molar-refractivity contribution in [2.75, 3.05) is 13.1 Å². The molecule has 0 radical (unpaired) electrons. The summed E-state index contributed by atoms with van der Waals surface area (Å²) in [4.78, 5) is 13.3. The molecular weight excluding hydrogens is 263 g/mol. The van der Waals surface area contributed by atoms with Crippen LogP contribution in [-0.4, -0.2) is 40.8 Å². The van der Waals surface area contributed by atoms with Crippen LogP contribution in [0.1, 0.15) is 29.0 Å². The molecule has 1 aliphatic rings. The molecule has 0 spiro atoms. The summed E-state index contributed by atoms with van der Waals surface area (Å²) in [5, 5.41) is 9.51. The highest BCUT2D eigenvalue weighted by Gasteiger charge is 2.54. The average Bonchev–Trinajstić information content (AvgIpc) is 2.74. The maximum atomic E-state index is 12.6. The first-order valence-electron chi connectivity index (χ1n) is 5.87. The van der Waals surface area contributed by atoms with Crippen LogP contribution >= 0.6 is 0 Å². The summed E-state index contributed by atoms with van der Waals surface area (Å²) < 4.78 is 42.9. The minimum Gasteiger partial charge on any atom is -0.469 e. The van der Waals surface area contributed by atoms with E-state index in [2.05, 4.69) is 0 Å². The number of carbonyl (C=O) groups excluding carboxylic acids is 1. The summed E-state index contributed by atoms with van der Waals surface area (Å²) in [6.45, 7) is 1.36. The molecule has 1 aliphatic heterocycles. The van der Waals surface area contributed by atoms with Crippen molar-refractivity contribution in [3.63, 3.8) is 0 Å². The van der Waals surface area contributed by atoms with Gasteiger partial charge in [0.05, 0.1) is 11.8 Å². The highest BCUT2D eigenvalue weighted by atomic mass is 19.4. The molecule has 1 saturated heterocycles. The lowest BCUT2D eigenvalue weighted by atomic mass is 9.90. The fourth-order valence-corrected chi connectivity index (χ4v) is 2.14. The zero-order valence-corrected chi connectivity index (χ0v) is 10.3. The Morgan fingerprint density at radius 3 is 2.42 bits per heavy atom. The van der Waals surface area contributed by atoms with E-state index in [4.69, 9.17) is 4.42 Å². The number of rotatable bonds is 1. The van der Waals surface area contributed by atoms with Gasteiger partial charge in [-0.2, -0.15) is 13.2 Å². The van der Waals surface area contributed by atoms with Crippen LogP contribution < -0.4 is 0 Å². The number of halogens is 3. The molecule has 2 rings (SSSR count). The van der Waals surface area contributed by atoms with Crippen molar-refractivity contribution in [2.24, 2.45) is 0 Å². The van der Waals surface area contributed by atoms with Gasteiger partial charge in [-0.15, -0.1) is 0 Å². The molecule has 4 nitrogen and oxygen atoms in total. The zero-order valence-electron chi connectivity index (χ0n) is 10.3. The van der Waals surface area contributed by atoms with Gasteiger partial charge >= 0.3 is 6.18 Å². The highest BCUT2D eigenvalue weighted by Crippen LogP contribution is 2.38. The van der Waals surface area contributed by atoms with Gasteiger partial charge in [-0.1, -0.05) is 0 Å². The molecule has 1 aromatic heterocycles. The van der Waals surface area contributed by atoms with Crippen molar-refractivity contribution in [1.82, 2.24) is 4.90 Å². The SMILES string of the molecule is Cc1occc1C(=O)N1CCC(O)(C(F)(F)F)CC1. The van der Waals surface area contributed by atoms with E-state index in [1.807, 2.05) is 0 Å². The second-order valence-electron chi connectivity index (χ2n) is 4.71. The third kappa shape index (κ3) is 2.47. The van der Waals surface area contributed by atoms with Crippen LogP contribution in [0.25, 0.3) is 0 Å². The number of aliphatic hydroxyl groups is 1. The fraction of sp³-hybridized carbons (Fsp3) is 0.583. The number of amides is 1. The van der Waals surface area contributed by atoms with E-state index in [1.165, 1.54) is 17.2 Å². The van der Waals surface area contributed by atoms with Gasteiger partial charge < -0.3 is 14.4 Å². The van der Waals surface area contributed by atoms with Crippen molar-refractivity contribution >= 4 is 5.91 Å². The van der Waals surface area contributed by atoms with Crippen LogP contribution in [-0.2, 0) is 0 Å². The first-order chi connectivity index (χ1) is 8.74. The number of nitrogens with zero attached hydrogens (tertiary/aromatic N) is 1. The van der Waals surface area contributed by atoms with Crippen molar-refractivity contribution in [3.8, 4) is 0 Å². The van der Waals surface area contributed by atoms with Gasteiger partial charge in [0.15, 0.2) is 5.60 Å². The summed E-state index contributed by atoms with van der Waals surface area (Å²) in [6.07, 6.45) is -4.30. The van der Waals surface area contributed by atoms with E-state index in [9.17, 15) is 23.1 Å². The number of furan rings is 1. The maximum Gasteiger partial charge on any atom is 0.417 e. The van der Waals surface area contributed by atoms with E-state index in [-0.39, 0.29) is 19.0 Å². The standard InChI is InChI=1S/C12H14F3NO3/c1-8-9(2-7-19-8)10(17)16-5-3-11(18,4-6-16)12(13,14)15/h2,7,18H,3-6H2,1H3. The highest BCUT2D eigenvalue weighted by molar-refractivity contribution is 5.95. The first kappa shape index (κ1) is 13.9. The molecule has 0 aromatic carbocycles. The van der Waals surface area contributed by atoms with Gasteiger partial charge in [0, 0.05) is 25.9 Å². The van der Waals surface area contributed by atoms with E-state index in [0.29, 0.717) is 11.3 Å². The number of hydrogen-bond donors (Lipinski definition) is 1. The number of hydrogen-bond acceptors (Lipinski definition) is 3. The lowest BCUT2D eigenvalue weighted by Gasteiger charge is -2.39. The second kappa shape index (κ2) is 4.56. The van der Waals surface area contributed by atoms with Crippen LogP contribution in [0.5, 0.6) is 0 Å². The van der Waals surface area contributed by atoms with Crippen molar-refractivity contribution < 1.29 is 27.5 Å². The quantitative estimate of drug-likeness (QED) is 0.855. The molecular formula is C12H14F3NO3. The van der Waals surface area contributed by atoms with E-state index >= 15 is 0 Å². The minimum atomic E-state index is -4.66. The topological polar surface area (TPSA) is 53.7 Å². The van der Waals surface area contributed by atoms with E-state index < -0.39 is 24.6 Å². The van der Waals surface area contributed by atoms with Gasteiger partial charge in [0.1, 0.15) is 5.76 Å². The largest absolute Gasteiger partial charge is 0.469 e. The molecule has 1 fully saturated rings. The third-order valence-corrected chi connectivity index (χ3v) is 3.49. The van der Waals surface area contributed by atoms with Crippen molar-refractivity contribution in [1.29, 1.82) is 0 Å². The number of alkyl halides is 3. The minimum absolute atomic E-state index is 0.126. The van der Waals surface area contributed by atoms with Crippen molar-refractivity contribution in [2.45, 2.75) is 31.5 Å². The summed E-state index contributed by atoms with van der Waals surface area (Å²) >= 11 is 0. The Morgan fingerprint density at radius 2 is 2.00 bits per heavy atom. The summed E-state index contributed by atoms with van der Waals surface area (Å²) in [5.41, 5.74) is -2.34. The Labute approximate surface area is 107 Å². The summed E-state index contributed by atoms with van der Waals surface area (Å²) in [5.74, 6) is 0.0668. The summed E-state index contributed by atoms with van der Waals surface area (Å²) in [7, 11) is 0. The maximum absolute atomic E-state index is 12.6. The monoisotopic (exact) mass is 277 g/mol. The number of carbonyl (C=O) groups is 1. The third-order valence-electron chi connectivity index (χ3n) is 3.49. The molecule has 19 heavy (non-hydrogen) atoms. The van der Waals surface area contributed by atoms with E-state index in [1.54, 1.807) is 6.92 Å². The van der Waals surface area contributed by atoms with E-state index in [0.717, 1.165) is 0 Å². The Bertz CT molecular complexity index is 473.